The predicted molar refractivity (Wildman–Crippen MR) is 96.3 cm³/mol. The van der Waals surface area contributed by atoms with Crippen molar-refractivity contribution in [3.63, 3.8) is 0 Å². The van der Waals surface area contributed by atoms with Gasteiger partial charge in [-0.15, -0.1) is 0 Å². The summed E-state index contributed by atoms with van der Waals surface area (Å²) in [6.45, 7) is 4.03. The lowest BCUT2D eigenvalue weighted by molar-refractivity contribution is 0.0922. The van der Waals surface area contributed by atoms with Crippen LogP contribution in [-0.2, 0) is 7.05 Å². The zero-order chi connectivity index (χ0) is 18.7. The van der Waals surface area contributed by atoms with E-state index >= 15 is 0 Å². The van der Waals surface area contributed by atoms with Crippen LogP contribution in [0.15, 0.2) is 47.8 Å². The van der Waals surface area contributed by atoms with Crippen LogP contribution in [0.3, 0.4) is 0 Å². The molecule has 0 fully saturated rings. The van der Waals surface area contributed by atoms with Crippen molar-refractivity contribution in [2.75, 3.05) is 0 Å². The fraction of sp³-hybridized carbons (Fsp3) is 0.278. The zero-order valence-corrected chi connectivity index (χ0v) is 14.8. The molecular formula is C18H20N6O2. The van der Waals surface area contributed by atoms with Gasteiger partial charge in [-0.2, -0.15) is 5.10 Å². The third-order valence-corrected chi connectivity index (χ3v) is 4.09. The van der Waals surface area contributed by atoms with E-state index in [0.717, 1.165) is 5.56 Å². The number of hydrogen-bond acceptors (Lipinski definition) is 5. The molecule has 8 nitrogen and oxygen atoms in total. The van der Waals surface area contributed by atoms with Crippen molar-refractivity contribution in [3.05, 3.63) is 64.7 Å². The highest BCUT2D eigenvalue weighted by molar-refractivity contribution is 5.94. The van der Waals surface area contributed by atoms with E-state index in [1.165, 1.54) is 12.5 Å². The van der Waals surface area contributed by atoms with Crippen molar-refractivity contribution < 1.29 is 4.79 Å². The van der Waals surface area contributed by atoms with Gasteiger partial charge in [0.1, 0.15) is 12.2 Å². The zero-order valence-electron chi connectivity index (χ0n) is 14.8. The van der Waals surface area contributed by atoms with Gasteiger partial charge in [0.2, 0.25) is 0 Å². The number of nitrogens with one attached hydrogen (secondary N) is 2. The number of carbonyl (C=O) groups excluding carboxylic acids is 1. The van der Waals surface area contributed by atoms with E-state index in [4.69, 9.17) is 0 Å². The SMILES string of the molecule is CC(C)[C@@H](NC(=O)c1ccc(-c2cncc(=O)[nH]2)cc1)c1ncnn1C. The number of amides is 1. The lowest BCUT2D eigenvalue weighted by Gasteiger charge is -2.21. The summed E-state index contributed by atoms with van der Waals surface area (Å²) >= 11 is 0. The third-order valence-electron chi connectivity index (χ3n) is 4.09. The van der Waals surface area contributed by atoms with Gasteiger partial charge in [0.25, 0.3) is 11.5 Å². The van der Waals surface area contributed by atoms with Crippen LogP contribution in [0.2, 0.25) is 0 Å². The molecule has 3 rings (SSSR count). The Bertz CT molecular complexity index is 958. The molecule has 0 aliphatic rings. The topological polar surface area (TPSA) is 106 Å². The molecular weight excluding hydrogens is 332 g/mol. The normalized spacial score (nSPS) is 12.2. The van der Waals surface area contributed by atoms with Crippen molar-refractivity contribution in [1.29, 1.82) is 0 Å². The number of H-pyrrole nitrogens is 1. The average Bonchev–Trinajstić information content (AvgIpc) is 3.05. The summed E-state index contributed by atoms with van der Waals surface area (Å²) in [4.78, 5) is 34.8. The van der Waals surface area contributed by atoms with Crippen LogP contribution >= 0.6 is 0 Å². The van der Waals surface area contributed by atoms with E-state index in [1.54, 1.807) is 42.2 Å². The van der Waals surface area contributed by atoms with Gasteiger partial charge in [-0.1, -0.05) is 26.0 Å². The molecule has 0 aliphatic carbocycles. The number of aryl methyl sites for hydroxylation is 1. The van der Waals surface area contributed by atoms with E-state index in [2.05, 4.69) is 25.4 Å². The monoisotopic (exact) mass is 352 g/mol. The summed E-state index contributed by atoms with van der Waals surface area (Å²) in [5, 5.41) is 7.08. The number of nitrogens with zero attached hydrogens (tertiary/aromatic N) is 4. The Balaban J connectivity index is 1.79. The van der Waals surface area contributed by atoms with Crippen LogP contribution in [0, 0.1) is 5.92 Å². The smallest absolute Gasteiger partial charge is 0.266 e. The maximum Gasteiger partial charge on any atom is 0.266 e. The Labute approximate surface area is 150 Å². The Morgan fingerprint density at radius 2 is 1.92 bits per heavy atom. The van der Waals surface area contributed by atoms with Crippen LogP contribution in [0.4, 0.5) is 0 Å². The molecule has 0 radical (unpaired) electrons. The maximum atomic E-state index is 12.6. The molecule has 0 saturated heterocycles. The number of aromatic amines is 1. The molecule has 8 heteroatoms. The minimum atomic E-state index is -0.271. The van der Waals surface area contributed by atoms with E-state index in [1.807, 2.05) is 13.8 Å². The summed E-state index contributed by atoms with van der Waals surface area (Å²) in [5.74, 6) is 0.664. The molecule has 2 heterocycles. The second kappa shape index (κ2) is 7.30. The fourth-order valence-electron chi connectivity index (χ4n) is 2.67. The molecule has 0 unspecified atom stereocenters. The molecule has 3 aromatic rings. The quantitative estimate of drug-likeness (QED) is 0.727. The lowest BCUT2D eigenvalue weighted by atomic mass is 10.0. The fourth-order valence-corrected chi connectivity index (χ4v) is 2.67. The van der Waals surface area contributed by atoms with E-state index in [9.17, 15) is 9.59 Å². The van der Waals surface area contributed by atoms with Crippen molar-refractivity contribution in [1.82, 2.24) is 30.0 Å². The largest absolute Gasteiger partial charge is 0.342 e. The first kappa shape index (κ1) is 17.5. The number of benzene rings is 1. The summed E-state index contributed by atoms with van der Waals surface area (Å²) in [6, 6.07) is 6.72. The van der Waals surface area contributed by atoms with Crippen LogP contribution in [-0.4, -0.2) is 30.6 Å². The van der Waals surface area contributed by atoms with Gasteiger partial charge in [0.05, 0.1) is 24.1 Å². The molecule has 134 valence electrons. The van der Waals surface area contributed by atoms with Gasteiger partial charge in [-0.05, 0) is 23.6 Å². The van der Waals surface area contributed by atoms with Gasteiger partial charge in [-0.3, -0.25) is 19.3 Å². The number of carbonyl (C=O) groups is 1. The molecule has 2 aromatic heterocycles. The molecule has 0 spiro atoms. The molecule has 1 atom stereocenters. The van der Waals surface area contributed by atoms with Crippen molar-refractivity contribution in [2.24, 2.45) is 13.0 Å². The van der Waals surface area contributed by atoms with E-state index in [-0.39, 0.29) is 23.4 Å². The number of hydrogen-bond donors (Lipinski definition) is 2. The molecule has 0 aliphatic heterocycles. The van der Waals surface area contributed by atoms with Crippen LogP contribution in [0.25, 0.3) is 11.3 Å². The minimum absolute atomic E-state index is 0.154. The van der Waals surface area contributed by atoms with Crippen molar-refractivity contribution in [3.8, 4) is 11.3 Å². The molecule has 1 aromatic carbocycles. The van der Waals surface area contributed by atoms with Gasteiger partial charge < -0.3 is 10.3 Å². The Morgan fingerprint density at radius 1 is 1.19 bits per heavy atom. The van der Waals surface area contributed by atoms with E-state index in [0.29, 0.717) is 17.1 Å². The number of rotatable bonds is 5. The summed E-state index contributed by atoms with van der Waals surface area (Å²) < 4.78 is 1.66. The summed E-state index contributed by atoms with van der Waals surface area (Å²) in [5.41, 5.74) is 1.63. The summed E-state index contributed by atoms with van der Waals surface area (Å²) in [7, 11) is 1.80. The second-order valence-electron chi connectivity index (χ2n) is 6.32. The Hall–Kier alpha value is -3.29. The van der Waals surface area contributed by atoms with Crippen LogP contribution in [0.1, 0.15) is 36.1 Å². The van der Waals surface area contributed by atoms with Crippen molar-refractivity contribution in [2.45, 2.75) is 19.9 Å². The van der Waals surface area contributed by atoms with Gasteiger partial charge in [0, 0.05) is 12.6 Å². The van der Waals surface area contributed by atoms with Crippen LogP contribution < -0.4 is 10.9 Å². The third kappa shape index (κ3) is 3.69. The Morgan fingerprint density at radius 3 is 2.50 bits per heavy atom. The summed E-state index contributed by atoms with van der Waals surface area (Å²) in [6.07, 6.45) is 4.25. The average molecular weight is 352 g/mol. The highest BCUT2D eigenvalue weighted by atomic mass is 16.1. The molecule has 0 bridgehead atoms. The molecule has 0 saturated carbocycles. The minimum Gasteiger partial charge on any atom is -0.342 e. The molecule has 26 heavy (non-hydrogen) atoms. The number of aromatic nitrogens is 5. The standard InChI is InChI=1S/C18H20N6O2/c1-11(2)16(17-20-10-21-24(17)3)23-18(26)13-6-4-12(5-7-13)14-8-19-9-15(25)22-14/h4-11,16H,1-3H3,(H,22,25)(H,23,26)/t16-/m1/s1. The Kier molecular flexibility index (Phi) is 4.92. The van der Waals surface area contributed by atoms with Gasteiger partial charge in [-0.25, -0.2) is 4.98 Å². The van der Waals surface area contributed by atoms with Crippen molar-refractivity contribution >= 4 is 5.91 Å². The first-order chi connectivity index (χ1) is 12.5. The highest BCUT2D eigenvalue weighted by Crippen LogP contribution is 2.20. The first-order valence-corrected chi connectivity index (χ1v) is 8.25. The van der Waals surface area contributed by atoms with Crippen LogP contribution in [0.5, 0.6) is 0 Å². The van der Waals surface area contributed by atoms with Gasteiger partial charge in [0.15, 0.2) is 0 Å². The highest BCUT2D eigenvalue weighted by Gasteiger charge is 2.23. The van der Waals surface area contributed by atoms with Gasteiger partial charge >= 0.3 is 0 Å². The lowest BCUT2D eigenvalue weighted by Crippen LogP contribution is -2.33. The van der Waals surface area contributed by atoms with E-state index < -0.39 is 0 Å². The maximum absolute atomic E-state index is 12.6. The first-order valence-electron chi connectivity index (χ1n) is 8.25. The predicted octanol–water partition coefficient (Wildman–Crippen LogP) is 1.69. The molecule has 1 amide bonds. The second-order valence-corrected chi connectivity index (χ2v) is 6.32. The molecule has 2 N–H and O–H groups in total.